The lowest BCUT2D eigenvalue weighted by molar-refractivity contribution is -0.143. The molecule has 0 bridgehead atoms. The van der Waals surface area contributed by atoms with Gasteiger partial charge in [0.25, 0.3) is 23.3 Å². The maximum Gasteiger partial charge on any atom is 0.417 e. The van der Waals surface area contributed by atoms with Gasteiger partial charge in [0.2, 0.25) is 0 Å². The molecule has 6 aromatic heterocycles. The van der Waals surface area contributed by atoms with Gasteiger partial charge in [-0.05, 0) is 130 Å². The van der Waals surface area contributed by atoms with E-state index in [1.807, 2.05) is 68.7 Å². The van der Waals surface area contributed by atoms with Gasteiger partial charge in [-0.2, -0.15) is 52.7 Å². The molecule has 0 aliphatic heterocycles. The molecule has 42 heteroatoms. The summed E-state index contributed by atoms with van der Waals surface area (Å²) >= 11 is 0. The number of nitrogens with one attached hydrogen (secondary N) is 6. The molecule has 6 N–H and O–H groups in total. The molecule has 0 saturated carbocycles. The molecule has 24 nitrogen and oxygen atoms in total. The summed E-state index contributed by atoms with van der Waals surface area (Å²) in [4.78, 5) is 118. The standard InChI is InChI=1S/C32H32F5N5O3.C31H26F8N4O4.C31H30F5N5O3/c1-6-25(32(35,36)37)40-19-15-22(33)26(23(34)16-19)30(43)41-24(31(44)45-5)14-18-9-10-21(27-20(18)8-7-12-38-27)28-29(42(3)4)17(2)11-13-39-28;1-4-24(31(37,38)39)41-16-11-21(32)26(22(33)12-16)28(45)42-23(29(46)47-3)10-15-7-8-18(27-17(15)6-5-9-40-27)19-14-43(2)25(44)13-20(19)30(34,35)36;1-6-25(31(34,35)36)40-19-13-22(32)26(23(33)14-19)29(42)41-24(30(43)44-5)12-18-9-10-21(28-20(18)8-7-11-37-28)27-17(4)38-15(2)16(3)39-27/h7-13,15-16,24-25,40H,6,14H2,1-5H3,(H,41,43);5-9,11-14,23-24,41H,4,10H2,1-3H3,(H,42,45);7-11,13-14,24-25,40H,6,12H2,1-5H3,(H,41,42)/t24-,25+;23-,24+;24-,25+/m000/s1. The second kappa shape index (κ2) is 43.2. The first kappa shape index (κ1) is 104. The number of alkyl halides is 12. The number of benzene rings is 6. The van der Waals surface area contributed by atoms with Crippen LogP contribution in [0.1, 0.15) is 116 Å². The van der Waals surface area contributed by atoms with E-state index in [1.54, 1.807) is 67.1 Å². The average Bonchev–Trinajstić information content (AvgIpc) is 0.768. The summed E-state index contributed by atoms with van der Waals surface area (Å²) in [5.74, 6) is -15.5. The van der Waals surface area contributed by atoms with E-state index < -0.39 is 189 Å². The van der Waals surface area contributed by atoms with Crippen LogP contribution in [-0.4, -0.2) is 160 Å². The van der Waals surface area contributed by atoms with Gasteiger partial charge in [-0.25, -0.2) is 45.7 Å². The number of carbonyl (C=O) groups excluding carboxylic acids is 6. The summed E-state index contributed by atoms with van der Waals surface area (Å²) in [5, 5.41) is 14.4. The molecular weight excluding hydrogens is 1830 g/mol. The quantitative estimate of drug-likeness (QED) is 0.0151. The van der Waals surface area contributed by atoms with Crippen LogP contribution < -0.4 is 42.4 Å². The first-order valence-electron chi connectivity index (χ1n) is 41.4. The van der Waals surface area contributed by atoms with Gasteiger partial charge in [-0.15, -0.1) is 0 Å². The van der Waals surface area contributed by atoms with Crippen molar-refractivity contribution in [1.29, 1.82) is 0 Å². The molecule has 12 rings (SSSR count). The number of pyridine rings is 5. The predicted molar refractivity (Wildman–Crippen MR) is 470 cm³/mol. The van der Waals surface area contributed by atoms with Crippen LogP contribution >= 0.6 is 0 Å². The Bertz CT molecular complexity index is 6510. The minimum absolute atomic E-state index is 0.000366. The summed E-state index contributed by atoms with van der Waals surface area (Å²) in [6.45, 7) is 11.2. The zero-order chi connectivity index (χ0) is 100. The highest BCUT2D eigenvalue weighted by atomic mass is 19.4. The number of anilines is 4. The lowest BCUT2D eigenvalue weighted by Crippen LogP contribution is -2.43. The van der Waals surface area contributed by atoms with Crippen LogP contribution in [0, 0.1) is 62.6 Å². The SMILES string of the molecule is CC[C@@H](Nc1cc(F)c(C(=O)N[C@@H](Cc2ccc(-c3cn(C)c(=O)cc3C(F)(F)F)c3ncccc23)C(=O)OC)c(F)c1)C(F)(F)F.CC[C@@H](Nc1cc(F)c(C(=O)N[C@@H](Cc2ccc(-c3nc(C)c(C)nc3C)c3ncccc23)C(=O)OC)c(F)c1)C(F)(F)F.CC[C@@H](Nc1cc(F)c(C(=O)N[C@@H](Cc2ccc(-c3nccc(C)c3N(C)C)c3ncccc23)C(=O)OC)c(F)c1)C(F)(F)F. The van der Waals surface area contributed by atoms with E-state index in [4.69, 9.17) is 14.2 Å². The van der Waals surface area contributed by atoms with Crippen LogP contribution in [0.2, 0.25) is 0 Å². The first-order valence-corrected chi connectivity index (χ1v) is 41.4. The molecule has 6 heterocycles. The number of methoxy groups -OCH3 is 3. The molecular formula is C94H88F18N14O10. The van der Waals surface area contributed by atoms with Crippen LogP contribution in [0.25, 0.3) is 66.4 Å². The van der Waals surface area contributed by atoms with Gasteiger partial charge in [-0.3, -0.25) is 44.1 Å². The second-order valence-corrected chi connectivity index (χ2v) is 31.3. The molecule has 0 radical (unpaired) electrons. The molecule has 0 aliphatic rings. The van der Waals surface area contributed by atoms with Gasteiger partial charge in [0.1, 0.15) is 87.8 Å². The highest BCUT2D eigenvalue weighted by Gasteiger charge is 2.43. The number of aromatic nitrogens is 7. The summed E-state index contributed by atoms with van der Waals surface area (Å²) in [7, 11) is 8.26. The number of hydrogen-bond donors (Lipinski definition) is 6. The van der Waals surface area contributed by atoms with Crippen molar-refractivity contribution in [3.63, 3.8) is 0 Å². The van der Waals surface area contributed by atoms with Crippen molar-refractivity contribution < 1.29 is 122 Å². The number of amides is 3. The van der Waals surface area contributed by atoms with Gasteiger partial charge >= 0.3 is 42.6 Å². The van der Waals surface area contributed by atoms with E-state index in [-0.39, 0.29) is 53.3 Å². The fourth-order valence-corrected chi connectivity index (χ4v) is 15.0. The number of rotatable bonds is 28. The summed E-state index contributed by atoms with van der Waals surface area (Å²) in [5.41, 5.74) is 2.20. The molecule has 136 heavy (non-hydrogen) atoms. The van der Waals surface area contributed by atoms with E-state index in [0.717, 1.165) is 60.3 Å². The van der Waals surface area contributed by atoms with E-state index >= 15 is 0 Å². The fraction of sp³-hybridized carbons (Fsp3) is 0.309. The largest absolute Gasteiger partial charge is 0.467 e. The van der Waals surface area contributed by atoms with Crippen LogP contribution in [0.5, 0.6) is 0 Å². The van der Waals surface area contributed by atoms with Gasteiger partial charge in [0.05, 0.1) is 77.6 Å². The van der Waals surface area contributed by atoms with E-state index in [0.29, 0.717) is 98.0 Å². The molecule has 0 aliphatic carbocycles. The summed E-state index contributed by atoms with van der Waals surface area (Å²) in [6, 6.07) is 14.8. The minimum atomic E-state index is -4.89. The third-order valence-corrected chi connectivity index (χ3v) is 21.9. The van der Waals surface area contributed by atoms with Crippen molar-refractivity contribution in [2.45, 2.75) is 148 Å². The van der Waals surface area contributed by atoms with Crippen molar-refractivity contribution in [3.05, 3.63) is 259 Å². The number of carbonyl (C=O) groups is 6. The van der Waals surface area contributed by atoms with Crippen LogP contribution in [0.3, 0.4) is 0 Å². The van der Waals surface area contributed by atoms with Crippen molar-refractivity contribution in [3.8, 4) is 33.6 Å². The predicted octanol–water partition coefficient (Wildman–Crippen LogP) is 18.5. The van der Waals surface area contributed by atoms with Crippen molar-refractivity contribution in [1.82, 2.24) is 50.4 Å². The molecule has 0 spiro atoms. The molecule has 6 atom stereocenters. The molecule has 3 amide bonds. The van der Waals surface area contributed by atoms with Crippen LogP contribution in [0.15, 0.2) is 157 Å². The second-order valence-electron chi connectivity index (χ2n) is 31.3. The Hall–Kier alpha value is -14.5. The fourth-order valence-electron chi connectivity index (χ4n) is 15.0. The monoisotopic (exact) mass is 1910 g/mol. The Morgan fingerprint density at radius 3 is 1.05 bits per heavy atom. The topological polar surface area (TPSA) is 305 Å². The number of ether oxygens (including phenoxy) is 3. The van der Waals surface area contributed by atoms with Crippen molar-refractivity contribution >= 4 is 91.1 Å². The Labute approximate surface area is 764 Å². The lowest BCUT2D eigenvalue weighted by atomic mass is 9.93. The van der Waals surface area contributed by atoms with Crippen molar-refractivity contribution in [2.24, 2.45) is 7.05 Å². The molecule has 0 fully saturated rings. The lowest BCUT2D eigenvalue weighted by Gasteiger charge is -2.22. The van der Waals surface area contributed by atoms with Crippen LogP contribution in [0.4, 0.5) is 102 Å². The Morgan fingerprint density at radius 2 is 0.735 bits per heavy atom. The first-order chi connectivity index (χ1) is 64.0. The van der Waals surface area contributed by atoms with Gasteiger partial charge in [0.15, 0.2) is 0 Å². The molecule has 0 saturated heterocycles. The molecule has 6 aromatic carbocycles. The number of halogens is 18. The number of hydrogen-bond acceptors (Lipinski definition) is 20. The van der Waals surface area contributed by atoms with E-state index in [9.17, 15) is 113 Å². The maximum atomic E-state index is 14.9. The Balaban J connectivity index is 0.000000211. The summed E-state index contributed by atoms with van der Waals surface area (Å²) < 4.78 is 265. The third-order valence-electron chi connectivity index (χ3n) is 21.9. The van der Waals surface area contributed by atoms with Gasteiger partial charge < -0.3 is 55.6 Å². The number of aryl methyl sites for hydroxylation is 5. The smallest absolute Gasteiger partial charge is 0.417 e. The number of fused-ring (bicyclic) bond motifs is 3. The van der Waals surface area contributed by atoms with E-state index in [2.05, 4.69) is 45.9 Å². The summed E-state index contributed by atoms with van der Waals surface area (Å²) in [6.07, 6.45) is -13.6. The highest BCUT2D eigenvalue weighted by molar-refractivity contribution is 6.03. The Kier molecular flexibility index (Phi) is 32.9. The number of esters is 3. The molecule has 12 aromatic rings. The average molecular weight is 1920 g/mol. The zero-order valence-corrected chi connectivity index (χ0v) is 74.6. The van der Waals surface area contributed by atoms with Gasteiger partial charge in [0, 0.05) is 133 Å². The third kappa shape index (κ3) is 24.2. The maximum absolute atomic E-state index is 14.9. The normalized spacial score (nSPS) is 13.0. The zero-order valence-electron chi connectivity index (χ0n) is 74.6. The van der Waals surface area contributed by atoms with Crippen LogP contribution in [-0.2, 0) is 61.1 Å². The minimum Gasteiger partial charge on any atom is -0.467 e. The van der Waals surface area contributed by atoms with Crippen molar-refractivity contribution in [2.75, 3.05) is 56.3 Å². The van der Waals surface area contributed by atoms with E-state index in [1.165, 1.54) is 58.3 Å². The molecule has 0 unspecified atom stereocenters. The highest BCUT2D eigenvalue weighted by Crippen LogP contribution is 2.42. The number of nitrogens with zero attached hydrogens (tertiary/aromatic N) is 8. The Morgan fingerprint density at radius 1 is 0.412 bits per heavy atom. The van der Waals surface area contributed by atoms with Gasteiger partial charge in [-0.1, -0.05) is 75.4 Å². The molecule has 720 valence electrons.